The van der Waals surface area contributed by atoms with Gasteiger partial charge in [-0.05, 0) is 38.1 Å². The molecule has 0 N–H and O–H groups in total. The molecule has 7 nitrogen and oxygen atoms in total. The Kier molecular flexibility index (Phi) is 5.08. The van der Waals surface area contributed by atoms with E-state index in [1.54, 1.807) is 16.2 Å². The van der Waals surface area contributed by atoms with Gasteiger partial charge in [-0.2, -0.15) is 0 Å². The lowest BCUT2D eigenvalue weighted by Gasteiger charge is -2.21. The molecule has 1 amide bonds. The number of hydrogen-bond donors (Lipinski definition) is 0. The number of rotatable bonds is 3. The molecule has 1 saturated heterocycles. The molecule has 1 aromatic carbocycles. The van der Waals surface area contributed by atoms with Crippen LogP contribution in [0.4, 0.5) is 5.95 Å². The van der Waals surface area contributed by atoms with Crippen molar-refractivity contribution in [2.75, 3.05) is 31.3 Å². The molecule has 0 aliphatic carbocycles. The van der Waals surface area contributed by atoms with Crippen molar-refractivity contribution in [2.45, 2.75) is 13.8 Å². The Morgan fingerprint density at radius 2 is 1.79 bits per heavy atom. The predicted molar refractivity (Wildman–Crippen MR) is 105 cm³/mol. The summed E-state index contributed by atoms with van der Waals surface area (Å²) in [6.45, 7) is 5.74. The van der Waals surface area contributed by atoms with Crippen LogP contribution in [0.2, 0.25) is 0 Å². The van der Waals surface area contributed by atoms with Crippen molar-refractivity contribution < 1.29 is 14.0 Å². The molecule has 144 valence electrons. The fraction of sp³-hybridized carbons (Fsp3) is 0.286. The quantitative estimate of drug-likeness (QED) is 0.697. The molecular formula is C21H22N4O3. The number of benzene rings is 1. The molecule has 0 bridgehead atoms. The average Bonchev–Trinajstić information content (AvgIpc) is 3.11. The highest BCUT2D eigenvalue weighted by Gasteiger charge is 2.24. The van der Waals surface area contributed by atoms with Gasteiger partial charge >= 0.3 is 0 Å². The van der Waals surface area contributed by atoms with E-state index in [-0.39, 0.29) is 5.91 Å². The van der Waals surface area contributed by atoms with Crippen LogP contribution in [0.15, 0.2) is 53.1 Å². The molecule has 28 heavy (non-hydrogen) atoms. The zero-order valence-electron chi connectivity index (χ0n) is 16.0. The maximum absolute atomic E-state index is 13.2. The van der Waals surface area contributed by atoms with Crippen LogP contribution in [0, 0.1) is 13.8 Å². The van der Waals surface area contributed by atoms with Gasteiger partial charge in [0.1, 0.15) is 5.76 Å². The number of furan rings is 1. The molecule has 1 aliphatic heterocycles. The second-order valence-corrected chi connectivity index (χ2v) is 6.70. The summed E-state index contributed by atoms with van der Waals surface area (Å²) in [4.78, 5) is 29.7. The van der Waals surface area contributed by atoms with E-state index in [2.05, 4.69) is 9.97 Å². The van der Waals surface area contributed by atoms with Crippen LogP contribution >= 0.6 is 0 Å². The first-order chi connectivity index (χ1) is 13.6. The van der Waals surface area contributed by atoms with E-state index in [9.17, 15) is 4.79 Å². The van der Waals surface area contributed by atoms with Gasteiger partial charge in [-0.25, -0.2) is 15.0 Å². The van der Waals surface area contributed by atoms with Crippen LogP contribution < -0.4 is 5.06 Å². The van der Waals surface area contributed by atoms with Crippen molar-refractivity contribution in [3.63, 3.8) is 0 Å². The van der Waals surface area contributed by atoms with Gasteiger partial charge in [-0.3, -0.25) is 9.63 Å². The second-order valence-electron chi connectivity index (χ2n) is 6.70. The number of amides is 1. The number of aryl methyl sites for hydroxylation is 2. The summed E-state index contributed by atoms with van der Waals surface area (Å²) < 4.78 is 5.50. The number of carbonyl (C=O) groups excluding carboxylic acids is 1. The van der Waals surface area contributed by atoms with E-state index >= 15 is 0 Å². The van der Waals surface area contributed by atoms with Crippen molar-refractivity contribution in [2.24, 2.45) is 0 Å². The van der Waals surface area contributed by atoms with Gasteiger partial charge in [0.15, 0.2) is 0 Å². The lowest BCUT2D eigenvalue weighted by atomic mass is 10.0. The lowest BCUT2D eigenvalue weighted by molar-refractivity contribution is 0.0729. The summed E-state index contributed by atoms with van der Waals surface area (Å²) in [7, 11) is 0. The zero-order valence-corrected chi connectivity index (χ0v) is 16.0. The minimum Gasteiger partial charge on any atom is -0.464 e. The van der Waals surface area contributed by atoms with Crippen LogP contribution in [0.5, 0.6) is 0 Å². The van der Waals surface area contributed by atoms with E-state index in [0.717, 1.165) is 17.0 Å². The van der Waals surface area contributed by atoms with Crippen LogP contribution in [0.1, 0.15) is 21.7 Å². The fourth-order valence-electron chi connectivity index (χ4n) is 3.32. The summed E-state index contributed by atoms with van der Waals surface area (Å²) in [5, 5.41) is 1.67. The maximum atomic E-state index is 13.2. The Bertz CT molecular complexity index is 951. The normalized spacial score (nSPS) is 14.8. The standard InChI is InChI=1S/C21H22N4O3/c1-15-14-16(2)23-21(22-15)25-10-9-24(11-13-28-25)20(26)18-7-4-3-6-17(18)19-8-5-12-27-19/h3-8,12,14H,9-11,13H2,1-2H3. The van der Waals surface area contributed by atoms with E-state index < -0.39 is 0 Å². The second kappa shape index (κ2) is 7.82. The Morgan fingerprint density at radius 3 is 2.54 bits per heavy atom. The maximum Gasteiger partial charge on any atom is 0.254 e. The molecule has 0 spiro atoms. The average molecular weight is 378 g/mol. The minimum absolute atomic E-state index is 0.0428. The van der Waals surface area contributed by atoms with Crippen molar-refractivity contribution in [1.29, 1.82) is 0 Å². The SMILES string of the molecule is Cc1cc(C)nc(N2CCN(C(=O)c3ccccc3-c3ccco3)CCO2)n1. The Labute approximate surface area is 163 Å². The van der Waals surface area contributed by atoms with Gasteiger partial charge in [0, 0.05) is 30.0 Å². The molecule has 1 fully saturated rings. The molecule has 1 aliphatic rings. The molecular weight excluding hydrogens is 356 g/mol. The van der Waals surface area contributed by atoms with Gasteiger partial charge < -0.3 is 9.32 Å². The van der Waals surface area contributed by atoms with Crippen molar-refractivity contribution in [3.8, 4) is 11.3 Å². The van der Waals surface area contributed by atoms with Gasteiger partial charge in [0.25, 0.3) is 5.91 Å². The fourth-order valence-corrected chi connectivity index (χ4v) is 3.32. The Balaban J connectivity index is 1.53. The summed E-state index contributed by atoms with van der Waals surface area (Å²) in [5.41, 5.74) is 3.18. The Hall–Kier alpha value is -3.19. The predicted octanol–water partition coefficient (Wildman–Crippen LogP) is 3.25. The molecule has 3 heterocycles. The highest BCUT2D eigenvalue weighted by molar-refractivity contribution is 6.00. The number of hydroxylamine groups is 1. The largest absolute Gasteiger partial charge is 0.464 e. The number of hydrogen-bond acceptors (Lipinski definition) is 6. The molecule has 0 atom stereocenters. The topological polar surface area (TPSA) is 71.7 Å². The monoisotopic (exact) mass is 378 g/mol. The summed E-state index contributed by atoms with van der Waals surface area (Å²) in [6.07, 6.45) is 1.61. The highest BCUT2D eigenvalue weighted by atomic mass is 16.7. The van der Waals surface area contributed by atoms with Gasteiger partial charge in [0.05, 0.1) is 25.0 Å². The number of carbonyl (C=O) groups is 1. The number of aromatic nitrogens is 2. The summed E-state index contributed by atoms with van der Waals surface area (Å²) in [5.74, 6) is 1.17. The first-order valence-electron chi connectivity index (χ1n) is 9.27. The Morgan fingerprint density at radius 1 is 1.00 bits per heavy atom. The molecule has 4 rings (SSSR count). The minimum atomic E-state index is -0.0428. The number of nitrogens with zero attached hydrogens (tertiary/aromatic N) is 4. The third kappa shape index (κ3) is 3.75. The van der Waals surface area contributed by atoms with Crippen LogP contribution in [-0.2, 0) is 4.84 Å². The lowest BCUT2D eigenvalue weighted by Crippen LogP contribution is -2.36. The molecule has 0 radical (unpaired) electrons. The first kappa shape index (κ1) is 18.2. The third-order valence-corrected chi connectivity index (χ3v) is 4.61. The molecule has 3 aromatic rings. The third-order valence-electron chi connectivity index (χ3n) is 4.61. The van der Waals surface area contributed by atoms with Crippen molar-refractivity contribution >= 4 is 11.9 Å². The molecule has 7 heteroatoms. The van der Waals surface area contributed by atoms with E-state index in [0.29, 0.717) is 43.5 Å². The van der Waals surface area contributed by atoms with Gasteiger partial charge in [-0.1, -0.05) is 18.2 Å². The van der Waals surface area contributed by atoms with Crippen molar-refractivity contribution in [1.82, 2.24) is 14.9 Å². The molecule has 0 unspecified atom stereocenters. The van der Waals surface area contributed by atoms with Crippen LogP contribution in [-0.4, -0.2) is 47.0 Å². The smallest absolute Gasteiger partial charge is 0.254 e. The molecule has 2 aromatic heterocycles. The van der Waals surface area contributed by atoms with E-state index in [4.69, 9.17) is 9.25 Å². The zero-order chi connectivity index (χ0) is 19.5. The van der Waals surface area contributed by atoms with Crippen molar-refractivity contribution in [3.05, 3.63) is 65.7 Å². The summed E-state index contributed by atoms with van der Waals surface area (Å²) >= 11 is 0. The van der Waals surface area contributed by atoms with Gasteiger partial charge in [-0.15, -0.1) is 0 Å². The van der Waals surface area contributed by atoms with Crippen LogP contribution in [0.25, 0.3) is 11.3 Å². The number of anilines is 1. The van der Waals surface area contributed by atoms with E-state index in [1.807, 2.05) is 56.3 Å². The molecule has 0 saturated carbocycles. The first-order valence-corrected chi connectivity index (χ1v) is 9.27. The highest BCUT2D eigenvalue weighted by Crippen LogP contribution is 2.25. The van der Waals surface area contributed by atoms with Crippen LogP contribution in [0.3, 0.4) is 0 Å². The van der Waals surface area contributed by atoms with Gasteiger partial charge in [0.2, 0.25) is 5.95 Å². The van der Waals surface area contributed by atoms with E-state index in [1.165, 1.54) is 0 Å². The summed E-state index contributed by atoms with van der Waals surface area (Å²) in [6, 6.07) is 13.1.